The normalized spacial score (nSPS) is 11.6. The first kappa shape index (κ1) is 15.6. The van der Waals surface area contributed by atoms with Crippen LogP contribution in [0.3, 0.4) is 0 Å². The molecule has 0 amide bonds. The number of aryl methyl sites for hydroxylation is 4. The first-order valence-electron chi connectivity index (χ1n) is 6.86. The lowest BCUT2D eigenvalue weighted by atomic mass is 10.0. The standard InChI is InChI=1S/C17H21NO2S/c1-11-7-12(2)16(13(3)8-11)10-21(19,20)15-5-6-17(18)14(4)9-15/h5-9H,10,18H2,1-4H3. The van der Waals surface area contributed by atoms with Crippen LogP contribution in [0.4, 0.5) is 5.69 Å². The van der Waals surface area contributed by atoms with Crippen LogP contribution in [0.5, 0.6) is 0 Å². The second-order valence-corrected chi connectivity index (χ2v) is 7.64. The Labute approximate surface area is 126 Å². The lowest BCUT2D eigenvalue weighted by molar-refractivity contribution is 0.595. The van der Waals surface area contributed by atoms with Gasteiger partial charge in [0.1, 0.15) is 0 Å². The summed E-state index contributed by atoms with van der Waals surface area (Å²) in [6, 6.07) is 8.91. The molecule has 0 aliphatic heterocycles. The van der Waals surface area contributed by atoms with Gasteiger partial charge in [-0.15, -0.1) is 0 Å². The minimum absolute atomic E-state index is 0.0221. The highest BCUT2D eigenvalue weighted by atomic mass is 32.2. The molecule has 0 aliphatic carbocycles. The van der Waals surface area contributed by atoms with Crippen molar-refractivity contribution in [1.29, 1.82) is 0 Å². The Morgan fingerprint density at radius 1 is 0.905 bits per heavy atom. The number of anilines is 1. The van der Waals surface area contributed by atoms with Gasteiger partial charge in [0, 0.05) is 5.69 Å². The fourth-order valence-electron chi connectivity index (χ4n) is 2.55. The second kappa shape index (κ2) is 5.53. The average Bonchev–Trinajstić information content (AvgIpc) is 2.37. The molecule has 2 aromatic carbocycles. The molecule has 21 heavy (non-hydrogen) atoms. The van der Waals surface area contributed by atoms with Crippen LogP contribution in [0.25, 0.3) is 0 Å². The predicted molar refractivity (Wildman–Crippen MR) is 87.1 cm³/mol. The fourth-order valence-corrected chi connectivity index (χ4v) is 4.19. The van der Waals surface area contributed by atoms with Gasteiger partial charge in [0.15, 0.2) is 9.84 Å². The average molecular weight is 303 g/mol. The number of hydrogen-bond acceptors (Lipinski definition) is 3. The maximum Gasteiger partial charge on any atom is 0.182 e. The van der Waals surface area contributed by atoms with Crippen molar-refractivity contribution in [1.82, 2.24) is 0 Å². The van der Waals surface area contributed by atoms with E-state index in [4.69, 9.17) is 5.73 Å². The molecule has 0 aromatic heterocycles. The monoisotopic (exact) mass is 303 g/mol. The van der Waals surface area contributed by atoms with Gasteiger partial charge < -0.3 is 5.73 Å². The molecule has 112 valence electrons. The molecule has 4 heteroatoms. The third-order valence-corrected chi connectivity index (χ3v) is 5.42. The molecule has 0 saturated carbocycles. The van der Waals surface area contributed by atoms with Crippen molar-refractivity contribution in [2.75, 3.05) is 5.73 Å². The maximum atomic E-state index is 12.6. The van der Waals surface area contributed by atoms with E-state index >= 15 is 0 Å². The smallest absolute Gasteiger partial charge is 0.182 e. The van der Waals surface area contributed by atoms with E-state index in [0.29, 0.717) is 10.6 Å². The molecule has 0 radical (unpaired) electrons. The van der Waals surface area contributed by atoms with E-state index in [1.165, 1.54) is 0 Å². The SMILES string of the molecule is Cc1cc(C)c(CS(=O)(=O)c2ccc(N)c(C)c2)c(C)c1. The summed E-state index contributed by atoms with van der Waals surface area (Å²) in [5, 5.41) is 0. The molecule has 0 aliphatic rings. The van der Waals surface area contributed by atoms with E-state index in [0.717, 1.165) is 27.8 Å². The lowest BCUT2D eigenvalue weighted by Crippen LogP contribution is -2.08. The van der Waals surface area contributed by atoms with Gasteiger partial charge in [0.25, 0.3) is 0 Å². The van der Waals surface area contributed by atoms with Crippen LogP contribution in [-0.2, 0) is 15.6 Å². The van der Waals surface area contributed by atoms with Crippen molar-refractivity contribution >= 4 is 15.5 Å². The minimum Gasteiger partial charge on any atom is -0.399 e. The van der Waals surface area contributed by atoms with Crippen molar-refractivity contribution in [3.8, 4) is 0 Å². The molecule has 2 rings (SSSR count). The highest BCUT2D eigenvalue weighted by Crippen LogP contribution is 2.24. The number of nitrogens with two attached hydrogens (primary N) is 1. The summed E-state index contributed by atoms with van der Waals surface area (Å²) < 4.78 is 25.2. The zero-order valence-corrected chi connectivity index (χ0v) is 13.7. The summed E-state index contributed by atoms with van der Waals surface area (Å²) in [6.07, 6.45) is 0. The van der Waals surface area contributed by atoms with Crippen molar-refractivity contribution in [3.63, 3.8) is 0 Å². The van der Waals surface area contributed by atoms with Crippen LogP contribution in [0.1, 0.15) is 27.8 Å². The Morgan fingerprint density at radius 3 is 2.00 bits per heavy atom. The van der Waals surface area contributed by atoms with Crippen LogP contribution in [0, 0.1) is 27.7 Å². The second-order valence-electron chi connectivity index (χ2n) is 5.65. The van der Waals surface area contributed by atoms with Crippen molar-refractivity contribution in [2.24, 2.45) is 0 Å². The molecule has 2 N–H and O–H groups in total. The molecular formula is C17H21NO2S. The zero-order valence-electron chi connectivity index (χ0n) is 12.9. The van der Waals surface area contributed by atoms with Gasteiger partial charge in [-0.3, -0.25) is 0 Å². The first-order valence-corrected chi connectivity index (χ1v) is 8.51. The number of rotatable bonds is 3. The van der Waals surface area contributed by atoms with Crippen molar-refractivity contribution in [2.45, 2.75) is 38.3 Å². The van der Waals surface area contributed by atoms with Gasteiger partial charge in [-0.1, -0.05) is 17.7 Å². The molecule has 0 bridgehead atoms. The molecule has 0 spiro atoms. The molecule has 0 atom stereocenters. The Morgan fingerprint density at radius 2 is 1.48 bits per heavy atom. The maximum absolute atomic E-state index is 12.6. The lowest BCUT2D eigenvalue weighted by Gasteiger charge is -2.13. The fraction of sp³-hybridized carbons (Fsp3) is 0.294. The van der Waals surface area contributed by atoms with Crippen LogP contribution < -0.4 is 5.73 Å². The van der Waals surface area contributed by atoms with E-state index < -0.39 is 9.84 Å². The zero-order chi connectivity index (χ0) is 15.8. The van der Waals surface area contributed by atoms with E-state index in [1.54, 1.807) is 18.2 Å². The van der Waals surface area contributed by atoms with Crippen LogP contribution >= 0.6 is 0 Å². The Kier molecular flexibility index (Phi) is 4.10. The number of sulfone groups is 1. The Balaban J connectivity index is 2.44. The van der Waals surface area contributed by atoms with Gasteiger partial charge >= 0.3 is 0 Å². The van der Waals surface area contributed by atoms with E-state index in [-0.39, 0.29) is 5.75 Å². The van der Waals surface area contributed by atoms with Gasteiger partial charge in [0.05, 0.1) is 10.6 Å². The summed E-state index contributed by atoms with van der Waals surface area (Å²) in [5.74, 6) is 0.0221. The molecule has 0 heterocycles. The predicted octanol–water partition coefficient (Wildman–Crippen LogP) is 3.48. The highest BCUT2D eigenvalue weighted by molar-refractivity contribution is 7.90. The molecule has 0 unspecified atom stereocenters. The Hall–Kier alpha value is -1.81. The van der Waals surface area contributed by atoms with Crippen LogP contribution in [0.15, 0.2) is 35.2 Å². The van der Waals surface area contributed by atoms with E-state index in [1.807, 2.05) is 39.8 Å². The van der Waals surface area contributed by atoms with Gasteiger partial charge in [-0.05, 0) is 68.1 Å². The molecular weight excluding hydrogens is 282 g/mol. The van der Waals surface area contributed by atoms with E-state index in [9.17, 15) is 8.42 Å². The summed E-state index contributed by atoms with van der Waals surface area (Å²) >= 11 is 0. The summed E-state index contributed by atoms with van der Waals surface area (Å²) in [4.78, 5) is 0.327. The minimum atomic E-state index is -3.37. The van der Waals surface area contributed by atoms with E-state index in [2.05, 4.69) is 0 Å². The third kappa shape index (κ3) is 3.27. The van der Waals surface area contributed by atoms with Crippen LogP contribution in [-0.4, -0.2) is 8.42 Å². The molecule has 2 aromatic rings. The topological polar surface area (TPSA) is 60.2 Å². The van der Waals surface area contributed by atoms with Gasteiger partial charge in [-0.2, -0.15) is 0 Å². The molecule has 0 fully saturated rings. The van der Waals surface area contributed by atoms with Crippen molar-refractivity contribution in [3.05, 3.63) is 58.1 Å². The van der Waals surface area contributed by atoms with Crippen molar-refractivity contribution < 1.29 is 8.42 Å². The Bertz CT molecular complexity index is 769. The van der Waals surface area contributed by atoms with Gasteiger partial charge in [0.2, 0.25) is 0 Å². The largest absolute Gasteiger partial charge is 0.399 e. The molecule has 3 nitrogen and oxygen atoms in total. The number of nitrogen functional groups attached to an aromatic ring is 1. The summed E-state index contributed by atoms with van der Waals surface area (Å²) in [6.45, 7) is 7.75. The first-order chi connectivity index (χ1) is 9.70. The van der Waals surface area contributed by atoms with Crippen LogP contribution in [0.2, 0.25) is 0 Å². The summed E-state index contributed by atoms with van der Waals surface area (Å²) in [5.41, 5.74) is 11.2. The molecule has 0 saturated heterocycles. The highest BCUT2D eigenvalue weighted by Gasteiger charge is 2.18. The quantitative estimate of drug-likeness (QED) is 0.883. The third-order valence-electron chi connectivity index (χ3n) is 3.78. The number of hydrogen-bond donors (Lipinski definition) is 1. The van der Waals surface area contributed by atoms with Gasteiger partial charge in [-0.25, -0.2) is 8.42 Å². The summed E-state index contributed by atoms with van der Waals surface area (Å²) in [7, 11) is -3.37. The number of benzene rings is 2.